The third-order valence-corrected chi connectivity index (χ3v) is 4.75. The zero-order chi connectivity index (χ0) is 22.7. The summed E-state index contributed by atoms with van der Waals surface area (Å²) in [6.07, 6.45) is -2.06. The molecule has 0 aliphatic heterocycles. The minimum atomic E-state index is -3.84. The molecule has 0 rings (SSSR count). The lowest BCUT2D eigenvalue weighted by atomic mass is 10.5. The van der Waals surface area contributed by atoms with Gasteiger partial charge in [0.2, 0.25) is 0 Å². The van der Waals surface area contributed by atoms with Crippen molar-refractivity contribution in [2.24, 2.45) is 0 Å². The molecule has 0 aliphatic rings. The monoisotopic (exact) mass is 448 g/mol. The van der Waals surface area contributed by atoms with Gasteiger partial charge < -0.3 is 18.9 Å². The van der Waals surface area contributed by atoms with Crippen LogP contribution >= 0.6 is 7.60 Å². The molecule has 1 N–H and O–H groups in total. The Morgan fingerprint density at radius 1 is 0.821 bits per heavy atom. The van der Waals surface area contributed by atoms with Gasteiger partial charge >= 0.3 is 19.5 Å². The summed E-state index contributed by atoms with van der Waals surface area (Å²) in [5, 5.41) is 0. The van der Waals surface area contributed by atoms with Crippen LogP contribution in [0, 0.1) is 0 Å². The lowest BCUT2D eigenvalue weighted by Crippen LogP contribution is -2.24. The molecule has 0 spiro atoms. The maximum absolute atomic E-state index is 11.2. The first-order chi connectivity index (χ1) is 12.5. The number of ether oxygens (including phenoxy) is 2. The summed E-state index contributed by atoms with van der Waals surface area (Å²) in [4.78, 5) is 31.2. The standard InChI is InChI=1S/C8H17O5P.C8H16O5S/c2*1-6(2)12-8(9)5-14(10,11)13-7(3)4/h6-7H,5H2,1-4H3,(H,10,11);6-7H,5H2,1-4H3. The number of rotatable bonds is 10. The van der Waals surface area contributed by atoms with Crippen molar-refractivity contribution in [2.45, 2.75) is 79.8 Å². The van der Waals surface area contributed by atoms with Gasteiger partial charge in [0, 0.05) is 0 Å². The van der Waals surface area contributed by atoms with Crippen LogP contribution in [-0.4, -0.2) is 61.6 Å². The lowest BCUT2D eigenvalue weighted by Gasteiger charge is -2.15. The van der Waals surface area contributed by atoms with E-state index in [1.54, 1.807) is 55.4 Å². The first kappa shape index (κ1) is 29.2. The second-order valence-corrected chi connectivity index (χ2v) is 10.3. The Balaban J connectivity index is 0. The SMILES string of the molecule is CC(C)OC(=O)CP(=O)(O)OC(C)C.CC(C)OC(=O)CS(=O)(=O)OC(C)C. The van der Waals surface area contributed by atoms with Crippen molar-refractivity contribution >= 4 is 29.7 Å². The van der Waals surface area contributed by atoms with E-state index in [9.17, 15) is 27.5 Å². The lowest BCUT2D eigenvalue weighted by molar-refractivity contribution is -0.145. The Kier molecular flexibility index (Phi) is 13.8. The van der Waals surface area contributed by atoms with Crippen LogP contribution in [0.25, 0.3) is 0 Å². The van der Waals surface area contributed by atoms with Crippen molar-refractivity contribution in [3.63, 3.8) is 0 Å². The van der Waals surface area contributed by atoms with Crippen LogP contribution in [0.1, 0.15) is 55.4 Å². The van der Waals surface area contributed by atoms with Crippen molar-refractivity contribution in [2.75, 3.05) is 11.9 Å². The fourth-order valence-corrected chi connectivity index (χ4v) is 3.74. The normalized spacial score (nSPS) is 13.9. The highest BCUT2D eigenvalue weighted by atomic mass is 32.2. The molecule has 0 aromatic rings. The van der Waals surface area contributed by atoms with Gasteiger partial charge in [-0.25, -0.2) is 0 Å². The maximum Gasteiger partial charge on any atom is 0.339 e. The summed E-state index contributed by atoms with van der Waals surface area (Å²) >= 11 is 0. The van der Waals surface area contributed by atoms with E-state index in [-0.39, 0.29) is 12.2 Å². The van der Waals surface area contributed by atoms with Gasteiger partial charge in [-0.3, -0.25) is 18.3 Å². The average Bonchev–Trinajstić information content (AvgIpc) is 2.30. The second-order valence-electron chi connectivity index (χ2n) is 6.87. The highest BCUT2D eigenvalue weighted by Crippen LogP contribution is 2.43. The highest BCUT2D eigenvalue weighted by molar-refractivity contribution is 7.87. The summed E-state index contributed by atoms with van der Waals surface area (Å²) < 4.78 is 52.1. The number of esters is 2. The smallest absolute Gasteiger partial charge is 0.339 e. The fourth-order valence-electron chi connectivity index (χ4n) is 1.60. The molecule has 12 heteroatoms. The summed E-state index contributed by atoms with van der Waals surface area (Å²) in [6, 6.07) is 0. The topological polar surface area (TPSA) is 142 Å². The Labute approximate surface area is 167 Å². The molecular weight excluding hydrogens is 415 g/mol. The molecule has 1 unspecified atom stereocenters. The average molecular weight is 448 g/mol. The van der Waals surface area contributed by atoms with E-state index in [4.69, 9.17) is 9.26 Å². The highest BCUT2D eigenvalue weighted by Gasteiger charge is 2.26. The van der Waals surface area contributed by atoms with E-state index in [1.807, 2.05) is 0 Å². The number of hydrogen-bond acceptors (Lipinski definition) is 9. The molecule has 28 heavy (non-hydrogen) atoms. The van der Waals surface area contributed by atoms with Crippen molar-refractivity contribution < 1.29 is 45.6 Å². The van der Waals surface area contributed by atoms with E-state index in [0.717, 1.165) is 0 Å². The summed E-state index contributed by atoms with van der Waals surface area (Å²) in [5.41, 5.74) is 0. The van der Waals surface area contributed by atoms with Crippen molar-refractivity contribution in [1.29, 1.82) is 0 Å². The Morgan fingerprint density at radius 3 is 1.61 bits per heavy atom. The van der Waals surface area contributed by atoms with Gasteiger partial charge in [0.1, 0.15) is 6.16 Å². The molecule has 1 atom stereocenters. The van der Waals surface area contributed by atoms with Crippen molar-refractivity contribution in [3.8, 4) is 0 Å². The predicted octanol–water partition coefficient (Wildman–Crippen LogP) is 2.24. The number of hydrogen-bond donors (Lipinski definition) is 1. The van der Waals surface area contributed by atoms with Gasteiger partial charge in [-0.2, -0.15) is 8.42 Å². The maximum atomic E-state index is 11.2. The van der Waals surface area contributed by atoms with E-state index < -0.39 is 53.8 Å². The van der Waals surface area contributed by atoms with Crippen LogP contribution in [-0.2, 0) is 42.5 Å². The van der Waals surface area contributed by atoms with Gasteiger partial charge in [0.05, 0.1) is 24.4 Å². The minimum Gasteiger partial charge on any atom is -0.462 e. The van der Waals surface area contributed by atoms with Crippen LogP contribution in [0.3, 0.4) is 0 Å². The first-order valence-corrected chi connectivity index (χ1v) is 12.1. The van der Waals surface area contributed by atoms with E-state index in [2.05, 4.69) is 8.92 Å². The molecule has 0 saturated carbocycles. The molecule has 0 saturated heterocycles. The molecule has 0 bridgehead atoms. The fraction of sp³-hybridized carbons (Fsp3) is 0.875. The summed E-state index contributed by atoms with van der Waals surface area (Å²) in [7, 11) is -7.64. The molecule has 168 valence electrons. The molecule has 0 aromatic heterocycles. The van der Waals surface area contributed by atoms with E-state index in [0.29, 0.717) is 0 Å². The van der Waals surface area contributed by atoms with E-state index >= 15 is 0 Å². The minimum absolute atomic E-state index is 0.290. The molecule has 0 fully saturated rings. The van der Waals surface area contributed by atoms with Crippen LogP contribution in [0.15, 0.2) is 0 Å². The molecule has 10 nitrogen and oxygen atoms in total. The molecule has 0 aliphatic carbocycles. The zero-order valence-electron chi connectivity index (χ0n) is 17.7. The van der Waals surface area contributed by atoms with E-state index in [1.165, 1.54) is 0 Å². The van der Waals surface area contributed by atoms with Crippen molar-refractivity contribution in [1.82, 2.24) is 0 Å². The van der Waals surface area contributed by atoms with Crippen LogP contribution in [0.2, 0.25) is 0 Å². The van der Waals surface area contributed by atoms with Gasteiger partial charge in [-0.05, 0) is 55.4 Å². The Bertz CT molecular complexity index is 625. The van der Waals surface area contributed by atoms with Crippen LogP contribution in [0.4, 0.5) is 0 Å². The van der Waals surface area contributed by atoms with Crippen molar-refractivity contribution in [3.05, 3.63) is 0 Å². The molecule has 0 radical (unpaired) electrons. The molecule has 0 aromatic carbocycles. The molecular formula is C16H33O10PS. The second kappa shape index (κ2) is 13.3. The molecule has 0 amide bonds. The summed E-state index contributed by atoms with van der Waals surface area (Å²) in [5.74, 6) is -2.24. The third kappa shape index (κ3) is 19.8. The predicted molar refractivity (Wildman–Crippen MR) is 103 cm³/mol. The van der Waals surface area contributed by atoms with Crippen LogP contribution in [0.5, 0.6) is 0 Å². The summed E-state index contributed by atoms with van der Waals surface area (Å²) in [6.45, 7) is 13.0. The quantitative estimate of drug-likeness (QED) is 0.300. The van der Waals surface area contributed by atoms with Gasteiger partial charge in [0.15, 0.2) is 5.75 Å². The number of carbonyl (C=O) groups excluding carboxylic acids is 2. The van der Waals surface area contributed by atoms with Gasteiger partial charge in [0.25, 0.3) is 10.1 Å². The largest absolute Gasteiger partial charge is 0.462 e. The zero-order valence-corrected chi connectivity index (χ0v) is 19.4. The Morgan fingerprint density at radius 2 is 1.25 bits per heavy atom. The van der Waals surface area contributed by atoms with Gasteiger partial charge in [-0.15, -0.1) is 0 Å². The third-order valence-electron chi connectivity index (χ3n) is 2.07. The van der Waals surface area contributed by atoms with Crippen LogP contribution < -0.4 is 0 Å². The number of carbonyl (C=O) groups is 2. The van der Waals surface area contributed by atoms with Gasteiger partial charge in [-0.1, -0.05) is 0 Å². The Hall–Kier alpha value is -1.00. The first-order valence-electron chi connectivity index (χ1n) is 8.76. The molecule has 0 heterocycles.